The molecule has 3 nitrogen and oxygen atoms in total. The molecular weight excluding hydrogens is 242 g/mol. The van der Waals surface area contributed by atoms with Gasteiger partial charge in [-0.2, -0.15) is 0 Å². The van der Waals surface area contributed by atoms with E-state index in [0.29, 0.717) is 0 Å². The first-order chi connectivity index (χ1) is 8.87. The molecule has 2 aromatic heterocycles. The standard InChI is InChI=1S/C14H17N3S/c1-2-11-6-9(5-10(1)16-11)7-14-17-12-8-15-4-3-13(12)18-14/h3-4,8-11,16H,1-2,5-7H2. The molecule has 2 atom stereocenters. The first-order valence-corrected chi connectivity index (χ1v) is 7.64. The second kappa shape index (κ2) is 4.28. The van der Waals surface area contributed by atoms with Crippen molar-refractivity contribution in [2.45, 2.75) is 44.2 Å². The summed E-state index contributed by atoms with van der Waals surface area (Å²) in [4.78, 5) is 8.85. The summed E-state index contributed by atoms with van der Waals surface area (Å²) in [6.45, 7) is 0. The van der Waals surface area contributed by atoms with Crippen LogP contribution < -0.4 is 5.32 Å². The van der Waals surface area contributed by atoms with Crippen LogP contribution in [-0.2, 0) is 6.42 Å². The quantitative estimate of drug-likeness (QED) is 0.901. The number of hydrogen-bond donors (Lipinski definition) is 1. The molecule has 0 aromatic carbocycles. The van der Waals surface area contributed by atoms with E-state index >= 15 is 0 Å². The largest absolute Gasteiger partial charge is 0.311 e. The molecule has 0 radical (unpaired) electrons. The first-order valence-electron chi connectivity index (χ1n) is 6.82. The van der Waals surface area contributed by atoms with Gasteiger partial charge in [0, 0.05) is 24.7 Å². The molecular formula is C14H17N3S. The third kappa shape index (κ3) is 1.93. The van der Waals surface area contributed by atoms with Gasteiger partial charge in [0.05, 0.1) is 21.4 Å². The Morgan fingerprint density at radius 2 is 2.11 bits per heavy atom. The normalized spacial score (nSPS) is 31.0. The van der Waals surface area contributed by atoms with E-state index in [1.807, 2.05) is 23.7 Å². The Morgan fingerprint density at radius 3 is 2.89 bits per heavy atom. The topological polar surface area (TPSA) is 37.8 Å². The lowest BCUT2D eigenvalue weighted by molar-refractivity contribution is 0.298. The molecule has 2 aliphatic heterocycles. The average molecular weight is 259 g/mol. The highest BCUT2D eigenvalue weighted by Crippen LogP contribution is 2.34. The summed E-state index contributed by atoms with van der Waals surface area (Å²) in [7, 11) is 0. The Balaban J connectivity index is 1.54. The van der Waals surface area contributed by atoms with Crippen molar-refractivity contribution in [2.75, 3.05) is 0 Å². The van der Waals surface area contributed by atoms with Crippen LogP contribution in [0.25, 0.3) is 10.2 Å². The SMILES string of the molecule is c1cc2sc(CC3CC4CCC(C3)N4)nc2cn1. The lowest BCUT2D eigenvalue weighted by Gasteiger charge is -2.28. The van der Waals surface area contributed by atoms with Crippen molar-refractivity contribution in [3.63, 3.8) is 0 Å². The molecule has 0 amide bonds. The fourth-order valence-electron chi connectivity index (χ4n) is 3.50. The molecule has 4 heterocycles. The molecule has 0 saturated carbocycles. The predicted octanol–water partition coefficient (Wildman–Crippen LogP) is 2.76. The van der Waals surface area contributed by atoms with Gasteiger partial charge < -0.3 is 5.32 Å². The summed E-state index contributed by atoms with van der Waals surface area (Å²) in [5.41, 5.74) is 1.06. The molecule has 1 N–H and O–H groups in total. The molecule has 2 saturated heterocycles. The molecule has 4 heteroatoms. The van der Waals surface area contributed by atoms with Crippen molar-refractivity contribution in [1.29, 1.82) is 0 Å². The van der Waals surface area contributed by atoms with Gasteiger partial charge in [-0.1, -0.05) is 0 Å². The zero-order valence-electron chi connectivity index (χ0n) is 10.3. The zero-order chi connectivity index (χ0) is 11.9. The number of aromatic nitrogens is 2. The fraction of sp³-hybridized carbons (Fsp3) is 0.571. The number of nitrogens with one attached hydrogen (secondary N) is 1. The van der Waals surface area contributed by atoms with Gasteiger partial charge in [-0.3, -0.25) is 4.98 Å². The Bertz CT molecular complexity index is 520. The van der Waals surface area contributed by atoms with E-state index in [-0.39, 0.29) is 0 Å². The third-order valence-electron chi connectivity index (χ3n) is 4.27. The fourth-order valence-corrected chi connectivity index (χ4v) is 4.55. The van der Waals surface area contributed by atoms with Crippen LogP contribution in [0.3, 0.4) is 0 Å². The molecule has 18 heavy (non-hydrogen) atoms. The summed E-state index contributed by atoms with van der Waals surface area (Å²) in [6, 6.07) is 3.64. The van der Waals surface area contributed by atoms with E-state index in [1.54, 1.807) is 0 Å². The molecule has 94 valence electrons. The number of pyridine rings is 1. The van der Waals surface area contributed by atoms with Crippen molar-refractivity contribution in [1.82, 2.24) is 15.3 Å². The van der Waals surface area contributed by atoms with Crippen LogP contribution >= 0.6 is 11.3 Å². The Morgan fingerprint density at radius 1 is 1.28 bits per heavy atom. The van der Waals surface area contributed by atoms with Gasteiger partial charge in [-0.15, -0.1) is 11.3 Å². The van der Waals surface area contributed by atoms with Crippen molar-refractivity contribution < 1.29 is 0 Å². The van der Waals surface area contributed by atoms with E-state index in [4.69, 9.17) is 4.98 Å². The maximum absolute atomic E-state index is 4.71. The minimum atomic E-state index is 0.782. The maximum atomic E-state index is 4.71. The third-order valence-corrected chi connectivity index (χ3v) is 5.33. The van der Waals surface area contributed by atoms with Crippen molar-refractivity contribution in [2.24, 2.45) is 5.92 Å². The summed E-state index contributed by atoms with van der Waals surface area (Å²) in [5.74, 6) is 0.831. The first kappa shape index (κ1) is 10.9. The number of rotatable bonds is 2. The second-order valence-electron chi connectivity index (χ2n) is 5.63. The Hall–Kier alpha value is -1.00. The zero-order valence-corrected chi connectivity index (χ0v) is 11.1. The summed E-state index contributed by atoms with van der Waals surface area (Å²) >= 11 is 1.84. The predicted molar refractivity (Wildman–Crippen MR) is 73.8 cm³/mol. The molecule has 2 bridgehead atoms. The van der Waals surface area contributed by atoms with Gasteiger partial charge >= 0.3 is 0 Å². The van der Waals surface area contributed by atoms with E-state index in [0.717, 1.165) is 29.9 Å². The average Bonchev–Trinajstić information content (AvgIpc) is 2.92. The van der Waals surface area contributed by atoms with E-state index in [1.165, 1.54) is 35.4 Å². The van der Waals surface area contributed by atoms with Gasteiger partial charge in [0.25, 0.3) is 0 Å². The number of thiazole rings is 1. The van der Waals surface area contributed by atoms with Crippen molar-refractivity contribution in [3.8, 4) is 0 Å². The van der Waals surface area contributed by atoms with E-state index in [9.17, 15) is 0 Å². The summed E-state index contributed by atoms with van der Waals surface area (Å²) < 4.78 is 1.27. The monoisotopic (exact) mass is 259 g/mol. The molecule has 4 rings (SSSR count). The van der Waals surface area contributed by atoms with E-state index in [2.05, 4.69) is 16.4 Å². The smallest absolute Gasteiger partial charge is 0.0998 e. The van der Waals surface area contributed by atoms with Crippen molar-refractivity contribution >= 4 is 21.6 Å². The second-order valence-corrected chi connectivity index (χ2v) is 6.75. The number of fused-ring (bicyclic) bond motifs is 3. The van der Waals surface area contributed by atoms with Crippen LogP contribution in [0.4, 0.5) is 0 Å². The lowest BCUT2D eigenvalue weighted by atomic mass is 9.90. The molecule has 0 aliphatic carbocycles. The van der Waals surface area contributed by atoms with Gasteiger partial charge in [0.2, 0.25) is 0 Å². The van der Waals surface area contributed by atoms with E-state index < -0.39 is 0 Å². The van der Waals surface area contributed by atoms with Crippen LogP contribution in [-0.4, -0.2) is 22.1 Å². The summed E-state index contributed by atoms with van der Waals surface area (Å²) in [5, 5.41) is 5.00. The van der Waals surface area contributed by atoms with Crippen LogP contribution in [0.1, 0.15) is 30.7 Å². The summed E-state index contributed by atoms with van der Waals surface area (Å²) in [6.07, 6.45) is 10.3. The Kier molecular flexibility index (Phi) is 2.59. The van der Waals surface area contributed by atoms with Gasteiger partial charge in [0.1, 0.15) is 0 Å². The van der Waals surface area contributed by atoms with Crippen molar-refractivity contribution in [3.05, 3.63) is 23.5 Å². The van der Waals surface area contributed by atoms with Crippen LogP contribution in [0, 0.1) is 5.92 Å². The highest BCUT2D eigenvalue weighted by molar-refractivity contribution is 7.18. The lowest BCUT2D eigenvalue weighted by Crippen LogP contribution is -2.38. The molecule has 0 spiro atoms. The molecule has 2 fully saturated rings. The number of piperidine rings is 1. The minimum Gasteiger partial charge on any atom is -0.311 e. The van der Waals surface area contributed by atoms with Crippen LogP contribution in [0.5, 0.6) is 0 Å². The minimum absolute atomic E-state index is 0.782. The number of hydrogen-bond acceptors (Lipinski definition) is 4. The highest BCUT2D eigenvalue weighted by atomic mass is 32.1. The number of nitrogens with zero attached hydrogens (tertiary/aromatic N) is 2. The van der Waals surface area contributed by atoms with Gasteiger partial charge in [-0.05, 0) is 37.7 Å². The molecule has 2 aromatic rings. The highest BCUT2D eigenvalue weighted by Gasteiger charge is 2.33. The Labute approximate surface area is 111 Å². The molecule has 2 unspecified atom stereocenters. The van der Waals surface area contributed by atoms with Crippen LogP contribution in [0.15, 0.2) is 18.5 Å². The molecule has 2 aliphatic rings. The van der Waals surface area contributed by atoms with Gasteiger partial charge in [-0.25, -0.2) is 4.98 Å². The van der Waals surface area contributed by atoms with Gasteiger partial charge in [0.15, 0.2) is 0 Å². The maximum Gasteiger partial charge on any atom is 0.0998 e. The van der Waals surface area contributed by atoms with Crippen LogP contribution in [0.2, 0.25) is 0 Å².